The van der Waals surface area contributed by atoms with Gasteiger partial charge >= 0.3 is 0 Å². The highest BCUT2D eigenvalue weighted by atomic mass is 32.2. The van der Waals surface area contributed by atoms with Crippen molar-refractivity contribution in [2.75, 3.05) is 24.7 Å². The van der Waals surface area contributed by atoms with Crippen molar-refractivity contribution in [1.29, 1.82) is 0 Å². The molecule has 3 heterocycles. The molecular formula is C19H23N5O6S. The highest BCUT2D eigenvalue weighted by Crippen LogP contribution is 2.54. The monoisotopic (exact) mass is 449 g/mol. The molecule has 166 valence electrons. The summed E-state index contributed by atoms with van der Waals surface area (Å²) in [6.07, 6.45) is 4.89. The van der Waals surface area contributed by atoms with Gasteiger partial charge in [0.2, 0.25) is 21.8 Å². The quantitative estimate of drug-likeness (QED) is 0.549. The van der Waals surface area contributed by atoms with Gasteiger partial charge in [-0.2, -0.15) is 5.10 Å². The molecule has 1 aromatic heterocycles. The maximum absolute atomic E-state index is 13.1. The molecular weight excluding hydrogens is 426 g/mol. The Morgan fingerprint density at radius 1 is 1.42 bits per heavy atom. The van der Waals surface area contributed by atoms with E-state index in [0.29, 0.717) is 13.0 Å². The molecule has 2 aliphatic heterocycles. The summed E-state index contributed by atoms with van der Waals surface area (Å²) in [4.78, 5) is 36.0. The number of nitrogens with one attached hydrogen (secondary N) is 2. The van der Waals surface area contributed by atoms with Gasteiger partial charge in [0, 0.05) is 31.0 Å². The fourth-order valence-corrected chi connectivity index (χ4v) is 4.68. The zero-order chi connectivity index (χ0) is 22.8. The average Bonchev–Trinajstić information content (AvgIpc) is 3.37. The SMILES string of the molecule is Cn1cc([C@@H]2N(C(=O)CNS(C)(=O)=O)CC[C@]23C(=O)Nc2ccccc23)cn1.O=CO. The minimum atomic E-state index is -3.51. The molecule has 2 atom stereocenters. The summed E-state index contributed by atoms with van der Waals surface area (Å²) in [6.45, 7) is -0.263. The van der Waals surface area contributed by atoms with E-state index in [-0.39, 0.29) is 24.8 Å². The van der Waals surface area contributed by atoms with Gasteiger partial charge in [0.05, 0.1) is 25.0 Å². The van der Waals surface area contributed by atoms with Gasteiger partial charge in [-0.3, -0.25) is 19.1 Å². The van der Waals surface area contributed by atoms with Gasteiger partial charge in [0.15, 0.2) is 0 Å². The molecule has 3 N–H and O–H groups in total. The van der Waals surface area contributed by atoms with E-state index in [0.717, 1.165) is 23.1 Å². The van der Waals surface area contributed by atoms with E-state index in [1.807, 2.05) is 24.3 Å². The van der Waals surface area contributed by atoms with E-state index < -0.39 is 21.5 Å². The summed E-state index contributed by atoms with van der Waals surface area (Å²) >= 11 is 0. The molecule has 31 heavy (non-hydrogen) atoms. The van der Waals surface area contributed by atoms with Gasteiger partial charge in [-0.15, -0.1) is 0 Å². The van der Waals surface area contributed by atoms with E-state index >= 15 is 0 Å². The fourth-order valence-electron chi connectivity index (χ4n) is 4.29. The highest BCUT2D eigenvalue weighted by Gasteiger charge is 2.59. The molecule has 0 saturated carbocycles. The van der Waals surface area contributed by atoms with Crippen LogP contribution in [-0.2, 0) is 36.9 Å². The number of amides is 2. The number of carboxylic acid groups (broad SMARTS) is 1. The van der Waals surface area contributed by atoms with Crippen molar-refractivity contribution in [2.24, 2.45) is 7.05 Å². The Labute approximate surface area is 179 Å². The molecule has 0 aliphatic carbocycles. The van der Waals surface area contributed by atoms with E-state index in [2.05, 4.69) is 15.1 Å². The molecule has 2 aliphatic rings. The van der Waals surface area contributed by atoms with Crippen molar-refractivity contribution in [3.8, 4) is 0 Å². The maximum Gasteiger partial charge on any atom is 0.290 e. The third-order valence-corrected chi connectivity index (χ3v) is 6.10. The van der Waals surface area contributed by atoms with E-state index in [1.165, 1.54) is 0 Å². The Hall–Kier alpha value is -3.25. The summed E-state index contributed by atoms with van der Waals surface area (Å²) < 4.78 is 26.7. The van der Waals surface area contributed by atoms with Crippen molar-refractivity contribution in [2.45, 2.75) is 17.9 Å². The fraction of sp³-hybridized carbons (Fsp3) is 0.368. The first kappa shape index (κ1) is 22.4. The van der Waals surface area contributed by atoms with E-state index in [9.17, 15) is 18.0 Å². The normalized spacial score (nSPS) is 21.9. The highest BCUT2D eigenvalue weighted by molar-refractivity contribution is 7.88. The second kappa shape index (κ2) is 8.47. The molecule has 0 bridgehead atoms. The van der Waals surface area contributed by atoms with Crippen LogP contribution in [0.4, 0.5) is 5.69 Å². The summed E-state index contributed by atoms with van der Waals surface area (Å²) in [6, 6.07) is 6.90. The second-order valence-electron chi connectivity index (χ2n) is 7.36. The Kier molecular flexibility index (Phi) is 6.13. The molecule has 2 amide bonds. The lowest BCUT2D eigenvalue weighted by Crippen LogP contribution is -2.45. The number of nitrogens with zero attached hydrogens (tertiary/aromatic N) is 3. The number of carbonyl (C=O) groups is 3. The first-order valence-electron chi connectivity index (χ1n) is 9.35. The lowest BCUT2D eigenvalue weighted by atomic mass is 9.73. The van der Waals surface area contributed by atoms with Crippen LogP contribution in [0.1, 0.15) is 23.6 Å². The molecule has 4 rings (SSSR count). The third kappa shape index (κ3) is 4.16. The first-order chi connectivity index (χ1) is 14.6. The molecule has 0 unspecified atom stereocenters. The molecule has 1 saturated heterocycles. The lowest BCUT2D eigenvalue weighted by molar-refractivity contribution is -0.132. The zero-order valence-electron chi connectivity index (χ0n) is 17.0. The van der Waals surface area contributed by atoms with Crippen LogP contribution in [0.3, 0.4) is 0 Å². The van der Waals surface area contributed by atoms with Crippen molar-refractivity contribution in [1.82, 2.24) is 19.4 Å². The molecule has 11 nitrogen and oxygen atoms in total. The number of carbonyl (C=O) groups excluding carboxylic acids is 2. The van der Waals surface area contributed by atoms with Crippen LogP contribution in [0.15, 0.2) is 36.7 Å². The average molecular weight is 449 g/mol. The minimum Gasteiger partial charge on any atom is -0.483 e. The van der Waals surface area contributed by atoms with Crippen LogP contribution in [0, 0.1) is 0 Å². The maximum atomic E-state index is 13.1. The number of aromatic nitrogens is 2. The Morgan fingerprint density at radius 2 is 2.10 bits per heavy atom. The number of anilines is 1. The van der Waals surface area contributed by atoms with E-state index in [4.69, 9.17) is 9.90 Å². The van der Waals surface area contributed by atoms with Crippen LogP contribution in [0.5, 0.6) is 0 Å². The molecule has 1 fully saturated rings. The number of hydrogen-bond acceptors (Lipinski definition) is 6. The van der Waals surface area contributed by atoms with Gasteiger partial charge in [0.1, 0.15) is 5.41 Å². The largest absolute Gasteiger partial charge is 0.483 e. The van der Waals surface area contributed by atoms with Crippen molar-refractivity contribution in [3.05, 3.63) is 47.8 Å². The predicted molar refractivity (Wildman–Crippen MR) is 111 cm³/mol. The number of benzene rings is 1. The van der Waals surface area contributed by atoms with Crippen molar-refractivity contribution in [3.63, 3.8) is 0 Å². The van der Waals surface area contributed by atoms with Crippen LogP contribution in [0.25, 0.3) is 0 Å². The number of aryl methyl sites for hydroxylation is 1. The molecule has 12 heteroatoms. The number of fused-ring (bicyclic) bond motifs is 2. The number of sulfonamides is 1. The summed E-state index contributed by atoms with van der Waals surface area (Å²) in [5.74, 6) is -0.540. The van der Waals surface area contributed by atoms with Gasteiger partial charge in [-0.1, -0.05) is 18.2 Å². The topological polar surface area (TPSA) is 151 Å². The van der Waals surface area contributed by atoms with Crippen LogP contribution < -0.4 is 10.0 Å². The lowest BCUT2D eigenvalue weighted by Gasteiger charge is -2.33. The second-order valence-corrected chi connectivity index (χ2v) is 9.19. The number of rotatable bonds is 4. The minimum absolute atomic E-state index is 0.158. The molecule has 1 aromatic carbocycles. The zero-order valence-corrected chi connectivity index (χ0v) is 17.8. The van der Waals surface area contributed by atoms with Crippen molar-refractivity contribution < 1.29 is 27.9 Å². The molecule has 1 spiro atoms. The van der Waals surface area contributed by atoms with Gasteiger partial charge in [-0.05, 0) is 18.1 Å². The van der Waals surface area contributed by atoms with Gasteiger partial charge in [-0.25, -0.2) is 13.1 Å². The van der Waals surface area contributed by atoms with Crippen LogP contribution in [0.2, 0.25) is 0 Å². The summed E-state index contributed by atoms with van der Waals surface area (Å²) in [5, 5.41) is 14.0. The number of hydrogen-bond donors (Lipinski definition) is 3. The summed E-state index contributed by atoms with van der Waals surface area (Å²) in [7, 11) is -1.74. The summed E-state index contributed by atoms with van der Waals surface area (Å²) in [5.41, 5.74) is 1.39. The predicted octanol–water partition coefficient (Wildman–Crippen LogP) is -0.166. The Morgan fingerprint density at radius 3 is 2.71 bits per heavy atom. The first-order valence-corrected chi connectivity index (χ1v) is 11.2. The smallest absolute Gasteiger partial charge is 0.290 e. The van der Waals surface area contributed by atoms with Gasteiger partial charge < -0.3 is 15.3 Å². The Balaban J connectivity index is 0.000000858. The van der Waals surface area contributed by atoms with Crippen LogP contribution >= 0.6 is 0 Å². The number of para-hydroxylation sites is 1. The van der Waals surface area contributed by atoms with E-state index in [1.54, 1.807) is 29.0 Å². The third-order valence-electron chi connectivity index (χ3n) is 5.43. The standard InChI is InChI=1S/C18H21N5O4S.CH2O2/c1-22-11-12(9-19-22)16-18(13-5-3-4-6-14(13)21-17(18)25)7-8-23(16)15(24)10-20-28(2,26)27;2-1-3/h3-6,9,11,16,20H,7-8,10H2,1-2H3,(H,21,25);1H,(H,2,3)/t16-,18+;/m0./s1. The van der Waals surface area contributed by atoms with Crippen molar-refractivity contribution >= 4 is 34.0 Å². The van der Waals surface area contributed by atoms with Gasteiger partial charge in [0.25, 0.3) is 6.47 Å². The van der Waals surface area contributed by atoms with Crippen LogP contribution in [-0.4, -0.2) is 65.8 Å². The Bertz CT molecular complexity index is 1110. The molecule has 2 aromatic rings. The molecule has 0 radical (unpaired) electrons. The number of likely N-dealkylation sites (tertiary alicyclic amines) is 1.